The molecule has 4 heteroatoms. The van der Waals surface area contributed by atoms with E-state index in [1.807, 2.05) is 57.2 Å². The van der Waals surface area contributed by atoms with Crippen molar-refractivity contribution in [1.29, 1.82) is 0 Å². The molecule has 0 spiro atoms. The van der Waals surface area contributed by atoms with Crippen molar-refractivity contribution in [2.45, 2.75) is 26.2 Å². The zero-order chi connectivity index (χ0) is 13.9. The lowest BCUT2D eigenvalue weighted by Gasteiger charge is -2.23. The highest BCUT2D eigenvalue weighted by molar-refractivity contribution is 5.81. The monoisotopic (exact) mass is 258 g/mol. The highest BCUT2D eigenvalue weighted by Gasteiger charge is 2.34. The van der Waals surface area contributed by atoms with Gasteiger partial charge in [0.15, 0.2) is 0 Å². The summed E-state index contributed by atoms with van der Waals surface area (Å²) in [6.07, 6.45) is 1.70. The van der Waals surface area contributed by atoms with Gasteiger partial charge in [0.2, 0.25) is 0 Å². The SMILES string of the molecule is CCOC(=O)C(C)(C)c1ccnn1-c1ccccc1. The molecule has 2 aromatic rings. The highest BCUT2D eigenvalue weighted by atomic mass is 16.5. The highest BCUT2D eigenvalue weighted by Crippen LogP contribution is 2.26. The molecule has 0 atom stereocenters. The molecule has 0 aliphatic heterocycles. The van der Waals surface area contributed by atoms with Gasteiger partial charge in [0.1, 0.15) is 5.41 Å². The number of para-hydroxylation sites is 1. The van der Waals surface area contributed by atoms with E-state index in [1.54, 1.807) is 10.9 Å². The van der Waals surface area contributed by atoms with Gasteiger partial charge in [-0.25, -0.2) is 4.68 Å². The molecule has 100 valence electrons. The molecule has 1 heterocycles. The van der Waals surface area contributed by atoms with E-state index in [0.29, 0.717) is 6.61 Å². The fraction of sp³-hybridized carbons (Fsp3) is 0.333. The molecule has 0 aliphatic rings. The van der Waals surface area contributed by atoms with Crippen LogP contribution in [-0.4, -0.2) is 22.4 Å². The van der Waals surface area contributed by atoms with E-state index in [1.165, 1.54) is 0 Å². The van der Waals surface area contributed by atoms with Crippen LogP contribution in [0.5, 0.6) is 0 Å². The van der Waals surface area contributed by atoms with E-state index < -0.39 is 5.41 Å². The molecule has 0 saturated carbocycles. The van der Waals surface area contributed by atoms with Crippen LogP contribution < -0.4 is 0 Å². The van der Waals surface area contributed by atoms with Crippen LogP contribution in [-0.2, 0) is 14.9 Å². The van der Waals surface area contributed by atoms with Crippen molar-refractivity contribution in [3.63, 3.8) is 0 Å². The molecule has 2 rings (SSSR count). The Labute approximate surface area is 113 Å². The summed E-state index contributed by atoms with van der Waals surface area (Å²) in [6.45, 7) is 5.88. The third-order valence-electron chi connectivity index (χ3n) is 3.07. The van der Waals surface area contributed by atoms with Gasteiger partial charge in [-0.3, -0.25) is 4.79 Å². The summed E-state index contributed by atoms with van der Waals surface area (Å²) in [5.74, 6) is -0.243. The Morgan fingerprint density at radius 1 is 1.26 bits per heavy atom. The first kappa shape index (κ1) is 13.3. The molecule has 1 aromatic carbocycles. The summed E-state index contributed by atoms with van der Waals surface area (Å²) in [6, 6.07) is 11.6. The lowest BCUT2D eigenvalue weighted by Crippen LogP contribution is -2.33. The fourth-order valence-electron chi connectivity index (χ4n) is 1.97. The number of esters is 1. The molecule has 0 N–H and O–H groups in total. The lowest BCUT2D eigenvalue weighted by molar-refractivity contribution is -0.149. The maximum atomic E-state index is 12.1. The van der Waals surface area contributed by atoms with Crippen LogP contribution in [0.15, 0.2) is 42.6 Å². The number of nitrogens with zero attached hydrogens (tertiary/aromatic N) is 2. The zero-order valence-corrected chi connectivity index (χ0v) is 11.5. The number of carbonyl (C=O) groups excluding carboxylic acids is 1. The third kappa shape index (κ3) is 2.52. The lowest BCUT2D eigenvalue weighted by atomic mass is 9.89. The average molecular weight is 258 g/mol. The first-order valence-electron chi connectivity index (χ1n) is 6.34. The number of hydrogen-bond donors (Lipinski definition) is 0. The van der Waals surface area contributed by atoms with Crippen LogP contribution in [0.4, 0.5) is 0 Å². The van der Waals surface area contributed by atoms with Crippen LogP contribution in [0, 0.1) is 0 Å². The average Bonchev–Trinajstić information content (AvgIpc) is 2.90. The van der Waals surface area contributed by atoms with E-state index in [4.69, 9.17) is 4.74 Å². The summed E-state index contributed by atoms with van der Waals surface area (Å²) in [7, 11) is 0. The smallest absolute Gasteiger partial charge is 0.317 e. The molecule has 0 amide bonds. The van der Waals surface area contributed by atoms with Crippen LogP contribution in [0.1, 0.15) is 26.5 Å². The van der Waals surface area contributed by atoms with Gasteiger partial charge in [-0.2, -0.15) is 5.10 Å². The Hall–Kier alpha value is -2.10. The van der Waals surface area contributed by atoms with Crippen molar-refractivity contribution in [2.75, 3.05) is 6.61 Å². The first-order chi connectivity index (χ1) is 9.07. The van der Waals surface area contributed by atoms with Gasteiger partial charge in [0, 0.05) is 6.20 Å². The topological polar surface area (TPSA) is 44.1 Å². The molecular formula is C15H18N2O2. The molecule has 1 aromatic heterocycles. The Bertz CT molecular complexity index is 559. The minimum Gasteiger partial charge on any atom is -0.465 e. The molecule has 0 fully saturated rings. The number of aromatic nitrogens is 2. The van der Waals surface area contributed by atoms with Gasteiger partial charge in [-0.15, -0.1) is 0 Å². The van der Waals surface area contributed by atoms with Crippen LogP contribution in [0.25, 0.3) is 5.69 Å². The Morgan fingerprint density at radius 2 is 1.95 bits per heavy atom. The van der Waals surface area contributed by atoms with Gasteiger partial charge in [0.25, 0.3) is 0 Å². The van der Waals surface area contributed by atoms with Crippen molar-refractivity contribution in [1.82, 2.24) is 9.78 Å². The molecule has 0 unspecified atom stereocenters. The largest absolute Gasteiger partial charge is 0.465 e. The molecule has 0 radical (unpaired) electrons. The van der Waals surface area contributed by atoms with Crippen molar-refractivity contribution in [3.05, 3.63) is 48.3 Å². The summed E-state index contributed by atoms with van der Waals surface area (Å²) in [5, 5.41) is 4.30. The number of hydrogen-bond acceptors (Lipinski definition) is 3. The maximum absolute atomic E-state index is 12.1. The molecular weight excluding hydrogens is 240 g/mol. The second kappa shape index (κ2) is 5.26. The van der Waals surface area contributed by atoms with Gasteiger partial charge in [0.05, 0.1) is 18.0 Å². The molecule has 19 heavy (non-hydrogen) atoms. The second-order valence-electron chi connectivity index (χ2n) is 4.81. The van der Waals surface area contributed by atoms with E-state index in [0.717, 1.165) is 11.4 Å². The summed E-state index contributed by atoms with van der Waals surface area (Å²) in [4.78, 5) is 12.1. The maximum Gasteiger partial charge on any atom is 0.317 e. The van der Waals surface area contributed by atoms with E-state index >= 15 is 0 Å². The minimum atomic E-state index is -0.734. The zero-order valence-electron chi connectivity index (χ0n) is 11.5. The third-order valence-corrected chi connectivity index (χ3v) is 3.07. The summed E-state index contributed by atoms with van der Waals surface area (Å²) < 4.78 is 6.92. The fourth-order valence-corrected chi connectivity index (χ4v) is 1.97. The molecule has 4 nitrogen and oxygen atoms in total. The van der Waals surface area contributed by atoms with E-state index in [-0.39, 0.29) is 5.97 Å². The van der Waals surface area contributed by atoms with Crippen LogP contribution in [0.3, 0.4) is 0 Å². The molecule has 0 bridgehead atoms. The second-order valence-corrected chi connectivity index (χ2v) is 4.81. The molecule has 0 saturated heterocycles. The Morgan fingerprint density at radius 3 is 2.58 bits per heavy atom. The van der Waals surface area contributed by atoms with Crippen molar-refractivity contribution in [3.8, 4) is 5.69 Å². The van der Waals surface area contributed by atoms with E-state index in [9.17, 15) is 4.79 Å². The van der Waals surface area contributed by atoms with Crippen molar-refractivity contribution in [2.24, 2.45) is 0 Å². The number of carbonyl (C=O) groups is 1. The summed E-state index contributed by atoms with van der Waals surface area (Å²) in [5.41, 5.74) is 1.01. The normalized spacial score (nSPS) is 11.3. The van der Waals surface area contributed by atoms with Crippen LogP contribution >= 0.6 is 0 Å². The van der Waals surface area contributed by atoms with Crippen molar-refractivity contribution < 1.29 is 9.53 Å². The van der Waals surface area contributed by atoms with Gasteiger partial charge in [-0.1, -0.05) is 18.2 Å². The van der Waals surface area contributed by atoms with Gasteiger partial charge in [-0.05, 0) is 39.0 Å². The Balaban J connectivity index is 2.42. The van der Waals surface area contributed by atoms with Gasteiger partial charge >= 0.3 is 5.97 Å². The summed E-state index contributed by atoms with van der Waals surface area (Å²) >= 11 is 0. The predicted octanol–water partition coefficient (Wildman–Crippen LogP) is 2.71. The van der Waals surface area contributed by atoms with Crippen molar-refractivity contribution >= 4 is 5.97 Å². The predicted molar refractivity (Wildman–Crippen MR) is 73.2 cm³/mol. The first-order valence-corrected chi connectivity index (χ1v) is 6.34. The van der Waals surface area contributed by atoms with Gasteiger partial charge < -0.3 is 4.74 Å². The van der Waals surface area contributed by atoms with E-state index in [2.05, 4.69) is 5.10 Å². The standard InChI is InChI=1S/C15H18N2O2/c1-4-19-14(18)15(2,3)13-10-11-16-17(13)12-8-6-5-7-9-12/h5-11H,4H2,1-3H3. The number of benzene rings is 1. The quantitative estimate of drug-likeness (QED) is 0.792. The minimum absolute atomic E-state index is 0.243. The van der Waals surface area contributed by atoms with Crippen LogP contribution in [0.2, 0.25) is 0 Å². The Kier molecular flexibility index (Phi) is 3.69. The molecule has 0 aliphatic carbocycles. The number of ether oxygens (including phenoxy) is 1. The number of rotatable bonds is 4.